The largest absolute Gasteiger partial charge is 0.313 e. The van der Waals surface area contributed by atoms with Gasteiger partial charge in [0.1, 0.15) is 0 Å². The van der Waals surface area contributed by atoms with Gasteiger partial charge in [-0.3, -0.25) is 0 Å². The molecule has 4 N–H and O–H groups in total. The molecule has 1 fully saturated rings. The Morgan fingerprint density at radius 1 is 1.07 bits per heavy atom. The van der Waals surface area contributed by atoms with Crippen molar-refractivity contribution >= 4 is 30.3 Å². The Labute approximate surface area is 103 Å². The van der Waals surface area contributed by atoms with Crippen LogP contribution < -0.4 is 11.5 Å². The lowest BCUT2D eigenvalue weighted by molar-refractivity contribution is 0.0208. The standard InChI is InChI=1S/C9H20IN3S/c1-7(2)5-9(11,12)6-8(3,4)13(7)14-10/h5-6,11-12H2,1-4H3. The van der Waals surface area contributed by atoms with Crippen LogP contribution in [0.25, 0.3) is 0 Å². The molecule has 1 rings (SSSR count). The molecular weight excluding hydrogens is 309 g/mol. The quantitative estimate of drug-likeness (QED) is 0.440. The maximum absolute atomic E-state index is 6.09. The van der Waals surface area contributed by atoms with E-state index >= 15 is 0 Å². The van der Waals surface area contributed by atoms with Crippen LogP contribution >= 0.6 is 30.3 Å². The monoisotopic (exact) mass is 329 g/mol. The van der Waals surface area contributed by atoms with Gasteiger partial charge in [-0.2, -0.15) is 0 Å². The Morgan fingerprint density at radius 3 is 1.71 bits per heavy atom. The fourth-order valence-electron chi connectivity index (χ4n) is 2.82. The normalized spacial score (nSPS) is 30.2. The van der Waals surface area contributed by atoms with Gasteiger partial charge in [0, 0.05) is 32.3 Å². The molecule has 0 bridgehead atoms. The number of halogens is 1. The number of nitrogens with two attached hydrogens (primary N) is 2. The van der Waals surface area contributed by atoms with Crippen LogP contribution in [-0.4, -0.2) is 21.0 Å². The predicted molar refractivity (Wildman–Crippen MR) is 71.9 cm³/mol. The molecule has 5 heteroatoms. The molecule has 0 spiro atoms. The molecule has 3 nitrogen and oxygen atoms in total. The van der Waals surface area contributed by atoms with E-state index in [1.54, 1.807) is 9.12 Å². The lowest BCUT2D eigenvalue weighted by atomic mass is 9.76. The molecule has 0 saturated carbocycles. The molecule has 0 unspecified atom stereocenters. The van der Waals surface area contributed by atoms with Gasteiger partial charge in [0.15, 0.2) is 0 Å². The summed E-state index contributed by atoms with van der Waals surface area (Å²) in [7, 11) is 1.75. The lowest BCUT2D eigenvalue weighted by Gasteiger charge is -2.55. The van der Waals surface area contributed by atoms with Gasteiger partial charge in [-0.1, -0.05) is 0 Å². The van der Waals surface area contributed by atoms with E-state index < -0.39 is 5.66 Å². The highest BCUT2D eigenvalue weighted by molar-refractivity contribution is 14.2. The van der Waals surface area contributed by atoms with E-state index in [2.05, 4.69) is 53.2 Å². The Hall–Kier alpha value is 0.960. The van der Waals surface area contributed by atoms with Crippen molar-refractivity contribution in [2.24, 2.45) is 11.5 Å². The molecule has 0 aromatic carbocycles. The minimum Gasteiger partial charge on any atom is -0.313 e. The van der Waals surface area contributed by atoms with Gasteiger partial charge in [0.25, 0.3) is 0 Å². The average Bonchev–Trinajstić information content (AvgIpc) is 1.76. The number of nitrogens with zero attached hydrogens (tertiary/aromatic N) is 1. The zero-order chi connectivity index (χ0) is 11.2. The summed E-state index contributed by atoms with van der Waals surface area (Å²) in [6.07, 6.45) is 1.67. The van der Waals surface area contributed by atoms with E-state index in [0.717, 1.165) is 12.8 Å². The van der Waals surface area contributed by atoms with E-state index in [0.29, 0.717) is 0 Å². The average molecular weight is 329 g/mol. The molecular formula is C9H20IN3S. The molecule has 0 amide bonds. The van der Waals surface area contributed by atoms with E-state index in [-0.39, 0.29) is 11.1 Å². The second-order valence-corrected chi connectivity index (χ2v) is 7.26. The Morgan fingerprint density at radius 2 is 1.43 bits per heavy atom. The first-order valence-electron chi connectivity index (χ1n) is 4.78. The van der Waals surface area contributed by atoms with Crippen LogP contribution in [0.15, 0.2) is 0 Å². The van der Waals surface area contributed by atoms with Crippen molar-refractivity contribution in [3.05, 3.63) is 0 Å². The summed E-state index contributed by atoms with van der Waals surface area (Å²) in [6, 6.07) is 0. The Bertz CT molecular complexity index is 208. The van der Waals surface area contributed by atoms with Gasteiger partial charge in [0.2, 0.25) is 0 Å². The molecule has 84 valence electrons. The van der Waals surface area contributed by atoms with Gasteiger partial charge in [0.05, 0.1) is 5.66 Å². The highest BCUT2D eigenvalue weighted by Crippen LogP contribution is 2.46. The van der Waals surface area contributed by atoms with Crippen LogP contribution in [-0.2, 0) is 0 Å². The van der Waals surface area contributed by atoms with E-state index in [1.165, 1.54) is 0 Å². The minimum atomic E-state index is -0.532. The summed E-state index contributed by atoms with van der Waals surface area (Å²) >= 11 is 2.33. The first-order chi connectivity index (χ1) is 6.11. The maximum atomic E-state index is 6.09. The third-order valence-electron chi connectivity index (χ3n) is 2.69. The summed E-state index contributed by atoms with van der Waals surface area (Å²) in [5, 5.41) is 0. The zero-order valence-electron chi connectivity index (χ0n) is 9.30. The van der Waals surface area contributed by atoms with Gasteiger partial charge in [-0.25, -0.2) is 4.31 Å². The van der Waals surface area contributed by atoms with Crippen LogP contribution in [0.5, 0.6) is 0 Å². The molecule has 0 radical (unpaired) electrons. The first-order valence-corrected chi connectivity index (χ1v) is 8.09. The minimum absolute atomic E-state index is 0.0527. The summed E-state index contributed by atoms with van der Waals surface area (Å²) in [5.74, 6) is 0. The van der Waals surface area contributed by atoms with Crippen molar-refractivity contribution in [2.45, 2.75) is 57.3 Å². The Balaban J connectivity index is 2.99. The van der Waals surface area contributed by atoms with Crippen LogP contribution in [0, 0.1) is 0 Å². The highest BCUT2D eigenvalue weighted by Gasteiger charge is 2.49. The number of rotatable bonds is 1. The topological polar surface area (TPSA) is 55.3 Å². The van der Waals surface area contributed by atoms with Gasteiger partial charge < -0.3 is 11.5 Å². The highest BCUT2D eigenvalue weighted by atomic mass is 127. The first kappa shape index (κ1) is 13.0. The van der Waals surface area contributed by atoms with Crippen molar-refractivity contribution in [3.63, 3.8) is 0 Å². The molecule has 0 aliphatic carbocycles. The lowest BCUT2D eigenvalue weighted by Crippen LogP contribution is -2.68. The van der Waals surface area contributed by atoms with Crippen molar-refractivity contribution in [1.29, 1.82) is 0 Å². The third-order valence-corrected chi connectivity index (χ3v) is 5.00. The summed E-state index contributed by atoms with van der Waals surface area (Å²) in [6.45, 7) is 8.81. The van der Waals surface area contributed by atoms with Gasteiger partial charge in [-0.05, 0) is 49.7 Å². The van der Waals surface area contributed by atoms with Gasteiger partial charge >= 0.3 is 0 Å². The third kappa shape index (κ3) is 2.55. The molecule has 1 heterocycles. The van der Waals surface area contributed by atoms with E-state index in [1.807, 2.05) is 0 Å². The molecule has 1 aliphatic heterocycles. The smallest absolute Gasteiger partial charge is 0.0672 e. The van der Waals surface area contributed by atoms with Crippen LogP contribution in [0.4, 0.5) is 0 Å². The molecule has 0 atom stereocenters. The van der Waals surface area contributed by atoms with E-state index in [4.69, 9.17) is 11.5 Å². The van der Waals surface area contributed by atoms with E-state index in [9.17, 15) is 0 Å². The van der Waals surface area contributed by atoms with Crippen molar-refractivity contribution in [2.75, 3.05) is 0 Å². The van der Waals surface area contributed by atoms with Crippen LogP contribution in [0.3, 0.4) is 0 Å². The maximum Gasteiger partial charge on any atom is 0.0672 e. The second-order valence-electron chi connectivity index (χ2n) is 5.57. The number of piperidine rings is 1. The van der Waals surface area contributed by atoms with Crippen LogP contribution in [0.2, 0.25) is 0 Å². The molecule has 0 aromatic rings. The predicted octanol–water partition coefficient (Wildman–Crippen LogP) is 2.25. The molecule has 1 saturated heterocycles. The fraction of sp³-hybridized carbons (Fsp3) is 1.00. The molecule has 14 heavy (non-hydrogen) atoms. The summed E-state index contributed by atoms with van der Waals surface area (Å²) < 4.78 is 2.40. The zero-order valence-corrected chi connectivity index (χ0v) is 12.3. The van der Waals surface area contributed by atoms with Crippen molar-refractivity contribution in [1.82, 2.24) is 4.31 Å². The summed E-state index contributed by atoms with van der Waals surface area (Å²) in [5.41, 5.74) is 11.7. The SMILES string of the molecule is CC1(C)CC(N)(N)CC(C)(C)N1SI. The summed E-state index contributed by atoms with van der Waals surface area (Å²) in [4.78, 5) is 0. The molecule has 1 aliphatic rings. The van der Waals surface area contributed by atoms with Crippen molar-refractivity contribution < 1.29 is 0 Å². The second kappa shape index (κ2) is 3.76. The molecule has 0 aromatic heterocycles. The van der Waals surface area contributed by atoms with Gasteiger partial charge in [-0.15, -0.1) is 0 Å². The number of hydrogen-bond donors (Lipinski definition) is 2. The fourth-order valence-corrected chi connectivity index (χ4v) is 6.52. The number of hydrogen-bond acceptors (Lipinski definition) is 4. The Kier molecular flexibility index (Phi) is 3.50. The van der Waals surface area contributed by atoms with Crippen molar-refractivity contribution in [3.8, 4) is 0 Å². The van der Waals surface area contributed by atoms with Crippen LogP contribution in [0.1, 0.15) is 40.5 Å².